The highest BCUT2D eigenvalue weighted by molar-refractivity contribution is 5.89. The lowest BCUT2D eigenvalue weighted by molar-refractivity contribution is 0.0173. The van der Waals surface area contributed by atoms with E-state index >= 15 is 0 Å². The average molecular weight is 308 g/mol. The van der Waals surface area contributed by atoms with Crippen molar-refractivity contribution in [3.05, 3.63) is 24.5 Å². The molecule has 1 fully saturated rings. The van der Waals surface area contributed by atoms with Crippen LogP contribution in [-0.4, -0.2) is 65.5 Å². The predicted molar refractivity (Wildman–Crippen MR) is 83.7 cm³/mol. The van der Waals surface area contributed by atoms with Crippen LogP contribution in [0.15, 0.2) is 24.5 Å². The molecule has 7 heteroatoms. The maximum Gasteiger partial charge on any atom is 0.319 e. The predicted octanol–water partition coefficient (Wildman–Crippen LogP) is 0.673. The van der Waals surface area contributed by atoms with E-state index in [9.17, 15) is 9.90 Å². The molecule has 22 heavy (non-hydrogen) atoms. The number of pyridine rings is 1. The Kier molecular flexibility index (Phi) is 6.11. The number of urea groups is 1. The second kappa shape index (κ2) is 8.07. The molecule has 1 saturated heterocycles. The van der Waals surface area contributed by atoms with Crippen molar-refractivity contribution in [2.45, 2.75) is 32.1 Å². The Morgan fingerprint density at radius 2 is 2.27 bits per heavy atom. The molecular weight excluding hydrogens is 284 g/mol. The Labute approximate surface area is 130 Å². The highest BCUT2D eigenvalue weighted by atomic mass is 16.5. The van der Waals surface area contributed by atoms with Gasteiger partial charge < -0.3 is 25.4 Å². The summed E-state index contributed by atoms with van der Waals surface area (Å²) in [7, 11) is 0. The van der Waals surface area contributed by atoms with Crippen LogP contribution in [0.5, 0.6) is 0 Å². The number of carbonyl (C=O) groups is 1. The van der Waals surface area contributed by atoms with E-state index in [2.05, 4.69) is 34.4 Å². The second-order valence-electron chi connectivity index (χ2n) is 5.29. The van der Waals surface area contributed by atoms with Crippen molar-refractivity contribution < 1.29 is 14.6 Å². The summed E-state index contributed by atoms with van der Waals surface area (Å²) in [5.41, 5.74) is 0.605. The van der Waals surface area contributed by atoms with Gasteiger partial charge in [0.15, 0.2) is 0 Å². The molecule has 122 valence electrons. The molecule has 1 aromatic rings. The molecule has 2 heterocycles. The SMILES string of the molecule is CCN(CC)C[C@@H]1OC[C@H](NC(=O)Nc2cccnc2)[C@H]1O. The summed E-state index contributed by atoms with van der Waals surface area (Å²) in [6.45, 7) is 6.93. The van der Waals surface area contributed by atoms with Gasteiger partial charge in [-0.1, -0.05) is 13.8 Å². The van der Waals surface area contributed by atoms with Crippen LogP contribution in [-0.2, 0) is 4.74 Å². The van der Waals surface area contributed by atoms with E-state index in [0.717, 1.165) is 13.1 Å². The second-order valence-corrected chi connectivity index (χ2v) is 5.29. The molecule has 0 saturated carbocycles. The number of nitrogens with one attached hydrogen (secondary N) is 2. The van der Waals surface area contributed by atoms with E-state index in [0.29, 0.717) is 18.8 Å². The zero-order valence-electron chi connectivity index (χ0n) is 13.0. The van der Waals surface area contributed by atoms with Crippen molar-refractivity contribution in [2.75, 3.05) is 31.6 Å². The normalized spacial score (nSPS) is 24.5. The number of aliphatic hydroxyl groups is 1. The third-order valence-corrected chi connectivity index (χ3v) is 3.85. The van der Waals surface area contributed by atoms with Gasteiger partial charge in [0.05, 0.1) is 30.6 Å². The van der Waals surface area contributed by atoms with E-state index in [-0.39, 0.29) is 12.1 Å². The largest absolute Gasteiger partial charge is 0.388 e. The van der Waals surface area contributed by atoms with Gasteiger partial charge in [-0.25, -0.2) is 4.79 Å². The van der Waals surface area contributed by atoms with Gasteiger partial charge in [0.2, 0.25) is 0 Å². The summed E-state index contributed by atoms with van der Waals surface area (Å²) in [5, 5.41) is 15.7. The Morgan fingerprint density at radius 1 is 1.50 bits per heavy atom. The minimum Gasteiger partial charge on any atom is -0.388 e. The molecule has 3 atom stereocenters. The Morgan fingerprint density at radius 3 is 2.91 bits per heavy atom. The standard InChI is InChI=1S/C15H24N4O3/c1-3-19(4-2)9-13-14(20)12(10-22-13)18-15(21)17-11-6-5-7-16-8-11/h5-8,12-14,20H,3-4,9-10H2,1-2H3,(H2,17,18,21)/t12-,13-,14+/m0/s1. The first-order valence-electron chi connectivity index (χ1n) is 7.63. The van der Waals surface area contributed by atoms with Gasteiger partial charge in [-0.2, -0.15) is 0 Å². The monoisotopic (exact) mass is 308 g/mol. The lowest BCUT2D eigenvalue weighted by Gasteiger charge is -2.24. The third kappa shape index (κ3) is 4.40. The highest BCUT2D eigenvalue weighted by Crippen LogP contribution is 2.16. The zero-order chi connectivity index (χ0) is 15.9. The van der Waals surface area contributed by atoms with Crippen molar-refractivity contribution in [3.63, 3.8) is 0 Å². The maximum atomic E-state index is 11.9. The van der Waals surface area contributed by atoms with Crippen molar-refractivity contribution in [3.8, 4) is 0 Å². The first-order chi connectivity index (χ1) is 10.6. The highest BCUT2D eigenvalue weighted by Gasteiger charge is 2.37. The molecule has 0 radical (unpaired) electrons. The van der Waals surface area contributed by atoms with Crippen LogP contribution in [0.2, 0.25) is 0 Å². The lowest BCUT2D eigenvalue weighted by Crippen LogP contribution is -2.48. The Bertz CT molecular complexity index is 467. The quantitative estimate of drug-likeness (QED) is 0.719. The summed E-state index contributed by atoms with van der Waals surface area (Å²) in [6, 6.07) is 2.71. The molecular formula is C15H24N4O3. The topological polar surface area (TPSA) is 86.7 Å². The maximum absolute atomic E-state index is 11.9. The lowest BCUT2D eigenvalue weighted by atomic mass is 10.1. The van der Waals surface area contributed by atoms with Crippen LogP contribution in [0.3, 0.4) is 0 Å². The number of aromatic nitrogens is 1. The number of nitrogens with zero attached hydrogens (tertiary/aromatic N) is 2. The van der Waals surface area contributed by atoms with Crippen LogP contribution in [0.1, 0.15) is 13.8 Å². The number of hydrogen-bond donors (Lipinski definition) is 3. The fourth-order valence-electron chi connectivity index (χ4n) is 2.48. The molecule has 1 aliphatic rings. The van der Waals surface area contributed by atoms with E-state index in [4.69, 9.17) is 4.74 Å². The number of anilines is 1. The number of amides is 2. The summed E-state index contributed by atoms with van der Waals surface area (Å²) in [5.74, 6) is 0. The van der Waals surface area contributed by atoms with Crippen LogP contribution in [0.25, 0.3) is 0 Å². The minimum absolute atomic E-state index is 0.274. The van der Waals surface area contributed by atoms with E-state index in [1.54, 1.807) is 24.5 Å². The molecule has 1 aliphatic heterocycles. The summed E-state index contributed by atoms with van der Waals surface area (Å²) < 4.78 is 5.62. The summed E-state index contributed by atoms with van der Waals surface area (Å²) in [4.78, 5) is 18.0. The molecule has 0 unspecified atom stereocenters. The number of aliphatic hydroxyl groups excluding tert-OH is 1. The molecule has 3 N–H and O–H groups in total. The molecule has 0 aromatic carbocycles. The van der Waals surface area contributed by atoms with Gasteiger partial charge in [0.1, 0.15) is 6.10 Å². The van der Waals surface area contributed by atoms with Crippen molar-refractivity contribution in [1.82, 2.24) is 15.2 Å². The number of ether oxygens (including phenoxy) is 1. The average Bonchev–Trinajstić information content (AvgIpc) is 2.86. The van der Waals surface area contributed by atoms with Gasteiger partial charge >= 0.3 is 6.03 Å². The van der Waals surface area contributed by atoms with Crippen LogP contribution in [0.4, 0.5) is 10.5 Å². The molecule has 0 spiro atoms. The molecule has 0 bridgehead atoms. The number of hydrogen-bond acceptors (Lipinski definition) is 5. The van der Waals surface area contributed by atoms with Crippen molar-refractivity contribution in [1.29, 1.82) is 0 Å². The van der Waals surface area contributed by atoms with Gasteiger partial charge in [-0.15, -0.1) is 0 Å². The Balaban J connectivity index is 1.82. The number of likely N-dealkylation sites (N-methyl/N-ethyl adjacent to an activating group) is 1. The third-order valence-electron chi connectivity index (χ3n) is 3.85. The molecule has 1 aromatic heterocycles. The first-order valence-corrected chi connectivity index (χ1v) is 7.63. The first kappa shape index (κ1) is 16.7. The molecule has 2 rings (SSSR count). The summed E-state index contributed by atoms with van der Waals surface area (Å²) >= 11 is 0. The number of carbonyl (C=O) groups excluding carboxylic acids is 1. The van der Waals surface area contributed by atoms with Gasteiger partial charge in [0, 0.05) is 12.7 Å². The van der Waals surface area contributed by atoms with Crippen LogP contribution >= 0.6 is 0 Å². The molecule has 2 amide bonds. The fourth-order valence-corrected chi connectivity index (χ4v) is 2.48. The van der Waals surface area contributed by atoms with Crippen LogP contribution < -0.4 is 10.6 Å². The fraction of sp³-hybridized carbons (Fsp3) is 0.600. The molecule has 0 aliphatic carbocycles. The van der Waals surface area contributed by atoms with E-state index in [1.807, 2.05) is 0 Å². The van der Waals surface area contributed by atoms with Crippen LogP contribution in [0, 0.1) is 0 Å². The Hall–Kier alpha value is -1.70. The smallest absolute Gasteiger partial charge is 0.319 e. The number of rotatable bonds is 6. The van der Waals surface area contributed by atoms with Crippen molar-refractivity contribution in [2.24, 2.45) is 0 Å². The zero-order valence-corrected chi connectivity index (χ0v) is 13.0. The molecule has 7 nitrogen and oxygen atoms in total. The van der Waals surface area contributed by atoms with Gasteiger partial charge in [-0.3, -0.25) is 4.98 Å². The summed E-state index contributed by atoms with van der Waals surface area (Å²) in [6.07, 6.45) is 2.21. The van der Waals surface area contributed by atoms with E-state index in [1.165, 1.54) is 0 Å². The van der Waals surface area contributed by atoms with Gasteiger partial charge in [-0.05, 0) is 25.2 Å². The minimum atomic E-state index is -0.708. The van der Waals surface area contributed by atoms with Gasteiger partial charge in [0.25, 0.3) is 0 Å². The van der Waals surface area contributed by atoms with E-state index < -0.39 is 12.1 Å². The van der Waals surface area contributed by atoms with Crippen molar-refractivity contribution >= 4 is 11.7 Å².